The van der Waals surface area contributed by atoms with Crippen molar-refractivity contribution in [2.45, 2.75) is 19.9 Å². The van der Waals surface area contributed by atoms with Crippen molar-refractivity contribution in [2.24, 2.45) is 0 Å². The largest absolute Gasteiger partial charge is 0.331 e. The number of aromatic nitrogens is 2. The molecule has 0 unspecified atom stereocenters. The average Bonchev–Trinajstić information content (AvgIpc) is 2.73. The summed E-state index contributed by atoms with van der Waals surface area (Å²) in [5, 5.41) is 0. The highest BCUT2D eigenvalue weighted by atomic mass is 32.1. The Balaban J connectivity index is 1.90. The van der Waals surface area contributed by atoms with Crippen LogP contribution in [-0.2, 0) is 13.0 Å². The summed E-state index contributed by atoms with van der Waals surface area (Å²) < 4.78 is 15.7. The van der Waals surface area contributed by atoms with E-state index < -0.39 is 0 Å². The summed E-state index contributed by atoms with van der Waals surface area (Å²) in [5.74, 6) is -0.201. The lowest BCUT2D eigenvalue weighted by atomic mass is 10.1. The van der Waals surface area contributed by atoms with Crippen molar-refractivity contribution in [2.75, 3.05) is 0 Å². The number of imidazole rings is 1. The van der Waals surface area contributed by atoms with Gasteiger partial charge >= 0.3 is 0 Å². The zero-order valence-corrected chi connectivity index (χ0v) is 12.0. The third kappa shape index (κ3) is 2.51. The van der Waals surface area contributed by atoms with Crippen LogP contribution in [0.25, 0.3) is 11.0 Å². The number of H-pyrrole nitrogens is 1. The van der Waals surface area contributed by atoms with Gasteiger partial charge in [0.1, 0.15) is 5.82 Å². The van der Waals surface area contributed by atoms with Gasteiger partial charge in [-0.2, -0.15) is 0 Å². The fourth-order valence-electron chi connectivity index (χ4n) is 2.38. The molecular formula is C16H15FN2S. The van der Waals surface area contributed by atoms with Crippen molar-refractivity contribution in [1.29, 1.82) is 0 Å². The zero-order valence-electron chi connectivity index (χ0n) is 11.2. The number of hydrogen-bond acceptors (Lipinski definition) is 1. The van der Waals surface area contributed by atoms with E-state index in [1.807, 2.05) is 12.1 Å². The summed E-state index contributed by atoms with van der Waals surface area (Å²) in [7, 11) is 0. The molecule has 1 heterocycles. The molecule has 1 N–H and O–H groups in total. The standard InChI is InChI=1S/C16H15FN2S/c1-11-2-7-14-15(10-11)19(16(20)18-14)9-8-12-3-5-13(17)6-4-12/h2-7,10H,8-9H2,1H3,(H,18,20). The van der Waals surface area contributed by atoms with E-state index in [0.717, 1.165) is 34.3 Å². The van der Waals surface area contributed by atoms with Gasteiger partial charge in [0.15, 0.2) is 4.77 Å². The lowest BCUT2D eigenvalue weighted by Crippen LogP contribution is -2.01. The van der Waals surface area contributed by atoms with Crippen LogP contribution in [0.4, 0.5) is 4.39 Å². The number of nitrogens with zero attached hydrogens (tertiary/aromatic N) is 1. The first-order valence-corrected chi connectivity index (χ1v) is 6.98. The Hall–Kier alpha value is -1.94. The molecule has 102 valence electrons. The summed E-state index contributed by atoms with van der Waals surface area (Å²) in [6.45, 7) is 2.85. The molecule has 0 aliphatic carbocycles. The van der Waals surface area contributed by atoms with Gasteiger partial charge in [0.05, 0.1) is 11.0 Å². The number of hydrogen-bond donors (Lipinski definition) is 1. The molecule has 0 bridgehead atoms. The second-order valence-corrected chi connectivity index (χ2v) is 5.37. The molecule has 0 spiro atoms. The first kappa shape index (κ1) is 13.1. The maximum Gasteiger partial charge on any atom is 0.178 e. The van der Waals surface area contributed by atoms with Gasteiger partial charge in [0, 0.05) is 6.54 Å². The minimum absolute atomic E-state index is 0.201. The lowest BCUT2D eigenvalue weighted by Gasteiger charge is -2.05. The number of aryl methyl sites for hydroxylation is 3. The number of halogens is 1. The predicted octanol–water partition coefficient (Wildman–Crippen LogP) is 4.39. The van der Waals surface area contributed by atoms with Gasteiger partial charge in [0.25, 0.3) is 0 Å². The van der Waals surface area contributed by atoms with E-state index in [4.69, 9.17) is 12.2 Å². The molecule has 3 rings (SSSR count). The molecule has 0 aliphatic heterocycles. The third-order valence-electron chi connectivity index (χ3n) is 3.47. The van der Waals surface area contributed by atoms with Gasteiger partial charge in [-0.1, -0.05) is 18.2 Å². The van der Waals surface area contributed by atoms with Gasteiger partial charge in [-0.25, -0.2) is 4.39 Å². The van der Waals surface area contributed by atoms with Crippen molar-refractivity contribution >= 4 is 23.3 Å². The molecule has 0 saturated heterocycles. The number of nitrogens with one attached hydrogen (secondary N) is 1. The number of benzene rings is 2. The quantitative estimate of drug-likeness (QED) is 0.708. The maximum absolute atomic E-state index is 12.9. The maximum atomic E-state index is 12.9. The third-order valence-corrected chi connectivity index (χ3v) is 3.79. The van der Waals surface area contributed by atoms with E-state index in [9.17, 15) is 4.39 Å². The second-order valence-electron chi connectivity index (χ2n) is 4.98. The Bertz CT molecular complexity index is 799. The summed E-state index contributed by atoms with van der Waals surface area (Å²) >= 11 is 5.38. The average molecular weight is 286 g/mol. The Morgan fingerprint density at radius 2 is 1.90 bits per heavy atom. The van der Waals surface area contributed by atoms with Crippen LogP contribution in [-0.4, -0.2) is 9.55 Å². The monoisotopic (exact) mass is 286 g/mol. The minimum atomic E-state index is -0.201. The van der Waals surface area contributed by atoms with Crippen LogP contribution in [0.15, 0.2) is 42.5 Å². The number of fused-ring (bicyclic) bond motifs is 1. The summed E-state index contributed by atoms with van der Waals surface area (Å²) in [4.78, 5) is 3.22. The van der Waals surface area contributed by atoms with Gasteiger partial charge in [-0.3, -0.25) is 0 Å². The van der Waals surface area contributed by atoms with Gasteiger partial charge in [-0.15, -0.1) is 0 Å². The highest BCUT2D eigenvalue weighted by molar-refractivity contribution is 7.71. The molecule has 4 heteroatoms. The SMILES string of the molecule is Cc1ccc2[nH]c(=S)n(CCc3ccc(F)cc3)c2c1. The molecule has 3 aromatic rings. The summed E-state index contributed by atoms with van der Waals surface area (Å²) in [6, 6.07) is 12.9. The Morgan fingerprint density at radius 1 is 1.15 bits per heavy atom. The molecule has 0 aliphatic rings. The fraction of sp³-hybridized carbons (Fsp3) is 0.188. The van der Waals surface area contributed by atoms with E-state index >= 15 is 0 Å². The van der Waals surface area contributed by atoms with Crippen LogP contribution < -0.4 is 0 Å². The Kier molecular flexibility index (Phi) is 3.40. The van der Waals surface area contributed by atoms with Crippen molar-refractivity contribution in [3.63, 3.8) is 0 Å². The predicted molar refractivity (Wildman–Crippen MR) is 82.0 cm³/mol. The molecule has 2 aromatic carbocycles. The fourth-order valence-corrected chi connectivity index (χ4v) is 2.68. The second kappa shape index (κ2) is 5.21. The Labute approximate surface area is 121 Å². The molecule has 0 amide bonds. The molecule has 0 saturated carbocycles. The van der Waals surface area contributed by atoms with Crippen LogP contribution in [0.2, 0.25) is 0 Å². The molecule has 0 radical (unpaired) electrons. The van der Waals surface area contributed by atoms with E-state index in [1.54, 1.807) is 0 Å². The molecular weight excluding hydrogens is 271 g/mol. The molecule has 2 nitrogen and oxygen atoms in total. The van der Waals surface area contributed by atoms with E-state index in [2.05, 4.69) is 34.7 Å². The number of rotatable bonds is 3. The van der Waals surface area contributed by atoms with Crippen molar-refractivity contribution in [1.82, 2.24) is 9.55 Å². The smallest absolute Gasteiger partial charge is 0.178 e. The topological polar surface area (TPSA) is 20.7 Å². The highest BCUT2D eigenvalue weighted by Gasteiger charge is 2.05. The van der Waals surface area contributed by atoms with Crippen molar-refractivity contribution in [3.05, 3.63) is 64.2 Å². The van der Waals surface area contributed by atoms with Crippen LogP contribution in [0.1, 0.15) is 11.1 Å². The van der Waals surface area contributed by atoms with Gasteiger partial charge in [0.2, 0.25) is 0 Å². The zero-order chi connectivity index (χ0) is 14.1. The van der Waals surface area contributed by atoms with E-state index in [-0.39, 0.29) is 5.82 Å². The first-order valence-electron chi connectivity index (χ1n) is 6.57. The molecule has 20 heavy (non-hydrogen) atoms. The van der Waals surface area contributed by atoms with Crippen LogP contribution in [0.3, 0.4) is 0 Å². The minimum Gasteiger partial charge on any atom is -0.331 e. The van der Waals surface area contributed by atoms with E-state index in [0.29, 0.717) is 0 Å². The molecule has 0 fully saturated rings. The van der Waals surface area contributed by atoms with Crippen LogP contribution in [0.5, 0.6) is 0 Å². The Morgan fingerprint density at radius 3 is 2.65 bits per heavy atom. The van der Waals surface area contributed by atoms with Gasteiger partial charge < -0.3 is 9.55 Å². The van der Waals surface area contributed by atoms with Crippen LogP contribution in [0, 0.1) is 17.5 Å². The van der Waals surface area contributed by atoms with Crippen LogP contribution >= 0.6 is 12.2 Å². The normalized spacial score (nSPS) is 11.1. The highest BCUT2D eigenvalue weighted by Crippen LogP contribution is 2.17. The summed E-state index contributed by atoms with van der Waals surface area (Å²) in [5.41, 5.74) is 4.49. The van der Waals surface area contributed by atoms with Crippen molar-refractivity contribution in [3.8, 4) is 0 Å². The van der Waals surface area contributed by atoms with E-state index in [1.165, 1.54) is 17.7 Å². The molecule has 1 aromatic heterocycles. The van der Waals surface area contributed by atoms with Gasteiger partial charge in [-0.05, 0) is 61.0 Å². The first-order chi connectivity index (χ1) is 9.63. The molecule has 0 atom stereocenters. The summed E-state index contributed by atoms with van der Waals surface area (Å²) in [6.07, 6.45) is 0.829. The number of aromatic amines is 1. The van der Waals surface area contributed by atoms with Crippen molar-refractivity contribution < 1.29 is 4.39 Å². The lowest BCUT2D eigenvalue weighted by molar-refractivity contribution is 0.625.